The van der Waals surface area contributed by atoms with Crippen LogP contribution in [0.4, 0.5) is 5.69 Å². The highest BCUT2D eigenvalue weighted by molar-refractivity contribution is 7.13. The van der Waals surface area contributed by atoms with Crippen LogP contribution in [0, 0.1) is 0 Å². The minimum absolute atomic E-state index is 0.125. The molecule has 2 amide bonds. The molecule has 0 radical (unpaired) electrons. The van der Waals surface area contributed by atoms with Crippen molar-refractivity contribution in [2.45, 2.75) is 19.3 Å². The van der Waals surface area contributed by atoms with Crippen molar-refractivity contribution in [3.8, 4) is 10.7 Å². The second-order valence-corrected chi connectivity index (χ2v) is 7.42. The molecule has 2 aromatic heterocycles. The van der Waals surface area contributed by atoms with E-state index in [0.29, 0.717) is 24.9 Å². The Bertz CT molecular complexity index is 970. The van der Waals surface area contributed by atoms with Crippen LogP contribution in [0.3, 0.4) is 0 Å². The summed E-state index contributed by atoms with van der Waals surface area (Å²) in [7, 11) is 0. The highest BCUT2D eigenvalue weighted by Crippen LogP contribution is 2.22. The summed E-state index contributed by atoms with van der Waals surface area (Å²) in [6, 6.07) is 12.9. The van der Waals surface area contributed by atoms with Gasteiger partial charge in [0.1, 0.15) is 5.01 Å². The van der Waals surface area contributed by atoms with Gasteiger partial charge in [-0.2, -0.15) is 0 Å². The molecule has 1 aromatic carbocycles. The SMILES string of the molecule is O=C(NCCc1csc(-c2ccccn2)n1)c1ccc(N2CCCC2=O)cc1. The van der Waals surface area contributed by atoms with Crippen LogP contribution in [0.25, 0.3) is 10.7 Å². The summed E-state index contributed by atoms with van der Waals surface area (Å²) in [4.78, 5) is 34.8. The van der Waals surface area contributed by atoms with Crippen molar-refractivity contribution < 1.29 is 9.59 Å². The average Bonchev–Trinajstić information content (AvgIpc) is 3.38. The van der Waals surface area contributed by atoms with Crippen molar-refractivity contribution in [1.29, 1.82) is 0 Å². The van der Waals surface area contributed by atoms with Gasteiger partial charge in [-0.05, 0) is 42.8 Å². The molecule has 7 heteroatoms. The van der Waals surface area contributed by atoms with E-state index in [0.717, 1.165) is 35.0 Å². The first kappa shape index (κ1) is 18.3. The lowest BCUT2D eigenvalue weighted by molar-refractivity contribution is -0.117. The van der Waals surface area contributed by atoms with Gasteiger partial charge in [-0.3, -0.25) is 14.6 Å². The molecular formula is C21H20N4O2S. The van der Waals surface area contributed by atoms with Crippen molar-refractivity contribution in [1.82, 2.24) is 15.3 Å². The Morgan fingerprint density at radius 3 is 2.75 bits per heavy atom. The molecular weight excluding hydrogens is 372 g/mol. The summed E-state index contributed by atoms with van der Waals surface area (Å²) < 4.78 is 0. The molecule has 1 aliphatic heterocycles. The number of carbonyl (C=O) groups is 2. The van der Waals surface area contributed by atoms with E-state index < -0.39 is 0 Å². The summed E-state index contributed by atoms with van der Waals surface area (Å²) in [6.07, 6.45) is 3.90. The second kappa shape index (κ2) is 8.31. The number of aromatic nitrogens is 2. The molecule has 0 unspecified atom stereocenters. The number of nitrogens with one attached hydrogen (secondary N) is 1. The van der Waals surface area contributed by atoms with Gasteiger partial charge >= 0.3 is 0 Å². The molecule has 1 N–H and O–H groups in total. The molecule has 0 atom stereocenters. The Morgan fingerprint density at radius 2 is 2.04 bits per heavy atom. The first-order chi connectivity index (χ1) is 13.7. The zero-order valence-electron chi connectivity index (χ0n) is 15.3. The van der Waals surface area contributed by atoms with Gasteiger partial charge in [0.15, 0.2) is 0 Å². The zero-order valence-corrected chi connectivity index (χ0v) is 16.1. The van der Waals surface area contributed by atoms with Gasteiger partial charge in [-0.1, -0.05) is 6.07 Å². The fourth-order valence-corrected chi connectivity index (χ4v) is 3.98. The van der Waals surface area contributed by atoms with Crippen molar-refractivity contribution in [2.24, 2.45) is 0 Å². The molecule has 28 heavy (non-hydrogen) atoms. The quantitative estimate of drug-likeness (QED) is 0.698. The maximum atomic E-state index is 12.3. The lowest BCUT2D eigenvalue weighted by Crippen LogP contribution is -2.26. The third-order valence-corrected chi connectivity index (χ3v) is 5.53. The number of anilines is 1. The van der Waals surface area contributed by atoms with Crippen LogP contribution in [-0.4, -0.2) is 34.9 Å². The fourth-order valence-electron chi connectivity index (χ4n) is 3.15. The van der Waals surface area contributed by atoms with Crippen LogP contribution in [0.2, 0.25) is 0 Å². The van der Waals surface area contributed by atoms with Gasteiger partial charge in [0.2, 0.25) is 5.91 Å². The molecule has 0 aliphatic carbocycles. The Hall–Kier alpha value is -3.06. The molecule has 4 rings (SSSR count). The van der Waals surface area contributed by atoms with Gasteiger partial charge < -0.3 is 10.2 Å². The van der Waals surface area contributed by atoms with E-state index in [1.54, 1.807) is 34.6 Å². The highest BCUT2D eigenvalue weighted by atomic mass is 32.1. The Kier molecular flexibility index (Phi) is 5.43. The predicted molar refractivity (Wildman–Crippen MR) is 109 cm³/mol. The lowest BCUT2D eigenvalue weighted by Gasteiger charge is -2.15. The van der Waals surface area contributed by atoms with Gasteiger partial charge in [-0.15, -0.1) is 11.3 Å². The number of amides is 2. The van der Waals surface area contributed by atoms with Gasteiger partial charge in [-0.25, -0.2) is 4.98 Å². The molecule has 1 aliphatic rings. The molecule has 3 aromatic rings. The van der Waals surface area contributed by atoms with Crippen molar-refractivity contribution in [3.05, 3.63) is 65.3 Å². The summed E-state index contributed by atoms with van der Waals surface area (Å²) >= 11 is 1.55. The first-order valence-corrected chi connectivity index (χ1v) is 10.1. The van der Waals surface area contributed by atoms with Crippen LogP contribution in [0.5, 0.6) is 0 Å². The van der Waals surface area contributed by atoms with Crippen molar-refractivity contribution in [3.63, 3.8) is 0 Å². The van der Waals surface area contributed by atoms with E-state index in [1.807, 2.05) is 35.7 Å². The number of hydrogen-bond acceptors (Lipinski definition) is 5. The number of carbonyl (C=O) groups excluding carboxylic acids is 2. The maximum absolute atomic E-state index is 12.3. The number of hydrogen-bond donors (Lipinski definition) is 1. The van der Waals surface area contributed by atoms with Crippen LogP contribution in [0.15, 0.2) is 54.0 Å². The Balaban J connectivity index is 1.30. The fraction of sp³-hybridized carbons (Fsp3) is 0.238. The van der Waals surface area contributed by atoms with Gasteiger partial charge in [0.05, 0.1) is 11.4 Å². The van der Waals surface area contributed by atoms with Gasteiger partial charge in [0.25, 0.3) is 5.91 Å². The maximum Gasteiger partial charge on any atom is 0.251 e. The number of thiazole rings is 1. The van der Waals surface area contributed by atoms with Crippen molar-refractivity contribution in [2.75, 3.05) is 18.0 Å². The molecule has 0 saturated carbocycles. The monoisotopic (exact) mass is 392 g/mol. The third kappa shape index (κ3) is 4.09. The molecule has 1 saturated heterocycles. The minimum Gasteiger partial charge on any atom is -0.352 e. The Morgan fingerprint density at radius 1 is 1.18 bits per heavy atom. The largest absolute Gasteiger partial charge is 0.352 e. The van der Waals surface area contributed by atoms with E-state index in [9.17, 15) is 9.59 Å². The molecule has 3 heterocycles. The number of benzene rings is 1. The average molecular weight is 392 g/mol. The van der Waals surface area contributed by atoms with E-state index in [4.69, 9.17) is 0 Å². The predicted octanol–water partition coefficient (Wildman–Crippen LogP) is 3.30. The Labute approximate surface area is 167 Å². The standard InChI is InChI=1S/C21H20N4O2S/c26-19-5-3-13-25(19)17-8-6-15(7-9-17)20(27)23-12-10-16-14-28-21(24-16)18-4-1-2-11-22-18/h1-2,4,6-9,11,14H,3,5,10,12-13H2,(H,23,27). The summed E-state index contributed by atoms with van der Waals surface area (Å²) in [5.74, 6) is 0.0185. The normalized spacial score (nSPS) is 13.7. The summed E-state index contributed by atoms with van der Waals surface area (Å²) in [5.41, 5.74) is 3.24. The van der Waals surface area contributed by atoms with Crippen LogP contribution in [-0.2, 0) is 11.2 Å². The molecule has 1 fully saturated rings. The molecule has 0 bridgehead atoms. The topological polar surface area (TPSA) is 75.2 Å². The zero-order chi connectivity index (χ0) is 19.3. The number of pyridine rings is 1. The third-order valence-electron chi connectivity index (χ3n) is 4.62. The van der Waals surface area contributed by atoms with E-state index in [1.165, 1.54) is 0 Å². The van der Waals surface area contributed by atoms with Crippen LogP contribution < -0.4 is 10.2 Å². The summed E-state index contributed by atoms with van der Waals surface area (Å²) in [6.45, 7) is 1.26. The minimum atomic E-state index is -0.125. The smallest absolute Gasteiger partial charge is 0.251 e. The number of rotatable bonds is 6. The molecule has 0 spiro atoms. The highest BCUT2D eigenvalue weighted by Gasteiger charge is 2.21. The summed E-state index contributed by atoms with van der Waals surface area (Å²) in [5, 5.41) is 5.81. The second-order valence-electron chi connectivity index (χ2n) is 6.56. The van der Waals surface area contributed by atoms with E-state index in [2.05, 4.69) is 15.3 Å². The van der Waals surface area contributed by atoms with E-state index in [-0.39, 0.29) is 11.8 Å². The lowest BCUT2D eigenvalue weighted by atomic mass is 10.2. The van der Waals surface area contributed by atoms with Crippen molar-refractivity contribution >= 4 is 28.8 Å². The van der Waals surface area contributed by atoms with Gasteiger partial charge in [0, 0.05) is 48.8 Å². The molecule has 142 valence electrons. The van der Waals surface area contributed by atoms with Crippen LogP contribution >= 0.6 is 11.3 Å². The number of nitrogens with zero attached hydrogens (tertiary/aromatic N) is 3. The molecule has 6 nitrogen and oxygen atoms in total. The van der Waals surface area contributed by atoms with E-state index >= 15 is 0 Å². The first-order valence-electron chi connectivity index (χ1n) is 9.25. The van der Waals surface area contributed by atoms with Crippen LogP contribution in [0.1, 0.15) is 28.9 Å².